The van der Waals surface area contributed by atoms with Crippen molar-refractivity contribution in [2.45, 2.75) is 6.54 Å². The molecule has 1 N–H and O–H groups in total. The van der Waals surface area contributed by atoms with Crippen LogP contribution in [0.1, 0.15) is 5.56 Å². The van der Waals surface area contributed by atoms with Crippen molar-refractivity contribution in [2.24, 2.45) is 0 Å². The van der Waals surface area contributed by atoms with Crippen molar-refractivity contribution in [1.82, 2.24) is 0 Å². The van der Waals surface area contributed by atoms with Gasteiger partial charge in [-0.1, -0.05) is 0 Å². The van der Waals surface area contributed by atoms with Crippen LogP contribution in [0.2, 0.25) is 0 Å². The van der Waals surface area contributed by atoms with Gasteiger partial charge in [0.1, 0.15) is 23.5 Å². The maximum atomic E-state index is 13.0. The van der Waals surface area contributed by atoms with Gasteiger partial charge in [-0.2, -0.15) is 5.26 Å². The molecule has 0 amide bonds. The number of hydrogen-bond acceptors (Lipinski definition) is 3. The van der Waals surface area contributed by atoms with E-state index in [1.54, 1.807) is 24.3 Å². The SMILES string of the molecule is N#CCOc1ccc(NCc2cc(F)cc(F)c2)cc1. The lowest BCUT2D eigenvalue weighted by molar-refractivity contribution is 0.368. The van der Waals surface area contributed by atoms with Crippen molar-refractivity contribution in [3.05, 3.63) is 59.7 Å². The molecular formula is C15H12F2N2O. The predicted molar refractivity (Wildman–Crippen MR) is 71.2 cm³/mol. The summed E-state index contributed by atoms with van der Waals surface area (Å²) in [5.74, 6) is -0.599. The van der Waals surface area contributed by atoms with Gasteiger partial charge in [-0.15, -0.1) is 0 Å². The number of nitrogens with one attached hydrogen (secondary N) is 1. The van der Waals surface area contributed by atoms with E-state index in [1.165, 1.54) is 12.1 Å². The molecule has 0 saturated carbocycles. The van der Waals surface area contributed by atoms with E-state index in [0.29, 0.717) is 17.9 Å². The normalized spacial score (nSPS) is 9.85. The van der Waals surface area contributed by atoms with Crippen molar-refractivity contribution in [2.75, 3.05) is 11.9 Å². The minimum absolute atomic E-state index is 0.00462. The molecule has 0 aliphatic rings. The van der Waals surface area contributed by atoms with Crippen LogP contribution in [0.25, 0.3) is 0 Å². The summed E-state index contributed by atoms with van der Waals surface area (Å²) in [5, 5.41) is 11.4. The first-order chi connectivity index (χ1) is 9.67. The topological polar surface area (TPSA) is 45.0 Å². The van der Waals surface area contributed by atoms with Crippen LogP contribution in [0.4, 0.5) is 14.5 Å². The molecule has 0 aromatic heterocycles. The summed E-state index contributed by atoms with van der Waals surface area (Å²) >= 11 is 0. The van der Waals surface area contributed by atoms with Crippen LogP contribution in [0, 0.1) is 23.0 Å². The predicted octanol–water partition coefficient (Wildman–Crippen LogP) is 3.48. The van der Waals surface area contributed by atoms with Crippen LogP contribution in [0.5, 0.6) is 5.75 Å². The summed E-state index contributed by atoms with van der Waals surface area (Å²) < 4.78 is 31.1. The van der Waals surface area contributed by atoms with E-state index >= 15 is 0 Å². The summed E-state index contributed by atoms with van der Waals surface area (Å²) in [6.07, 6.45) is 0. The molecule has 0 unspecified atom stereocenters. The molecule has 0 spiro atoms. The fraction of sp³-hybridized carbons (Fsp3) is 0.133. The Morgan fingerprint density at radius 1 is 1.05 bits per heavy atom. The molecule has 2 aromatic rings. The summed E-state index contributed by atoms with van der Waals surface area (Å²) in [6.45, 7) is 0.308. The van der Waals surface area contributed by atoms with Crippen molar-refractivity contribution in [1.29, 1.82) is 5.26 Å². The third kappa shape index (κ3) is 3.95. The summed E-state index contributed by atoms with van der Waals surface area (Å²) in [5.41, 5.74) is 1.31. The van der Waals surface area contributed by atoms with E-state index in [4.69, 9.17) is 10.00 Å². The highest BCUT2D eigenvalue weighted by Crippen LogP contribution is 2.17. The highest BCUT2D eigenvalue weighted by Gasteiger charge is 2.01. The highest BCUT2D eigenvalue weighted by molar-refractivity contribution is 5.46. The van der Waals surface area contributed by atoms with Gasteiger partial charge in [-0.25, -0.2) is 8.78 Å². The quantitative estimate of drug-likeness (QED) is 0.907. The molecule has 5 heteroatoms. The maximum absolute atomic E-state index is 13.0. The Kier molecular flexibility index (Phi) is 4.51. The van der Waals surface area contributed by atoms with Gasteiger partial charge in [0, 0.05) is 18.3 Å². The third-order valence-corrected chi connectivity index (χ3v) is 2.58. The van der Waals surface area contributed by atoms with Gasteiger partial charge in [-0.05, 0) is 42.0 Å². The van der Waals surface area contributed by atoms with E-state index in [-0.39, 0.29) is 6.61 Å². The first kappa shape index (κ1) is 13.8. The lowest BCUT2D eigenvalue weighted by Gasteiger charge is -2.08. The zero-order valence-electron chi connectivity index (χ0n) is 10.6. The molecule has 0 aliphatic heterocycles. The zero-order valence-corrected chi connectivity index (χ0v) is 10.6. The second-order valence-electron chi connectivity index (χ2n) is 4.10. The van der Waals surface area contributed by atoms with Crippen LogP contribution < -0.4 is 10.1 Å². The average Bonchev–Trinajstić information content (AvgIpc) is 2.43. The fourth-order valence-corrected chi connectivity index (χ4v) is 1.70. The summed E-state index contributed by atoms with van der Waals surface area (Å²) in [7, 11) is 0. The van der Waals surface area contributed by atoms with Crippen molar-refractivity contribution in [3.63, 3.8) is 0 Å². The Hall–Kier alpha value is -2.61. The van der Waals surface area contributed by atoms with Crippen LogP contribution in [0.15, 0.2) is 42.5 Å². The Morgan fingerprint density at radius 2 is 1.70 bits per heavy atom. The average molecular weight is 274 g/mol. The van der Waals surface area contributed by atoms with E-state index < -0.39 is 11.6 Å². The molecule has 0 atom stereocenters. The molecule has 0 heterocycles. The molecule has 0 saturated heterocycles. The number of anilines is 1. The number of rotatable bonds is 5. The van der Waals surface area contributed by atoms with E-state index in [2.05, 4.69) is 5.32 Å². The molecule has 2 rings (SSSR count). The number of nitrogens with zero attached hydrogens (tertiary/aromatic N) is 1. The smallest absolute Gasteiger partial charge is 0.174 e. The monoisotopic (exact) mass is 274 g/mol. The molecular weight excluding hydrogens is 262 g/mol. The number of hydrogen-bond donors (Lipinski definition) is 1. The van der Waals surface area contributed by atoms with E-state index in [1.807, 2.05) is 6.07 Å². The molecule has 102 valence electrons. The van der Waals surface area contributed by atoms with Gasteiger partial charge in [0.2, 0.25) is 0 Å². The lowest BCUT2D eigenvalue weighted by atomic mass is 10.2. The lowest BCUT2D eigenvalue weighted by Crippen LogP contribution is -2.00. The minimum atomic E-state index is -0.595. The molecule has 0 radical (unpaired) electrons. The van der Waals surface area contributed by atoms with Gasteiger partial charge in [-0.3, -0.25) is 0 Å². The number of benzene rings is 2. The number of halogens is 2. The van der Waals surface area contributed by atoms with Crippen molar-refractivity contribution >= 4 is 5.69 Å². The first-order valence-corrected chi connectivity index (χ1v) is 5.96. The second-order valence-corrected chi connectivity index (χ2v) is 4.10. The Bertz CT molecular complexity index is 601. The molecule has 0 fully saturated rings. The molecule has 0 bridgehead atoms. The van der Waals surface area contributed by atoms with Gasteiger partial charge >= 0.3 is 0 Å². The van der Waals surface area contributed by atoms with Crippen LogP contribution >= 0.6 is 0 Å². The van der Waals surface area contributed by atoms with Crippen LogP contribution in [0.3, 0.4) is 0 Å². The highest BCUT2D eigenvalue weighted by atomic mass is 19.1. The summed E-state index contributed by atoms with van der Waals surface area (Å²) in [4.78, 5) is 0. The molecule has 2 aromatic carbocycles. The first-order valence-electron chi connectivity index (χ1n) is 5.96. The van der Waals surface area contributed by atoms with Crippen molar-refractivity contribution < 1.29 is 13.5 Å². The molecule has 3 nitrogen and oxygen atoms in total. The minimum Gasteiger partial charge on any atom is -0.479 e. The van der Waals surface area contributed by atoms with Crippen molar-refractivity contribution in [3.8, 4) is 11.8 Å². The largest absolute Gasteiger partial charge is 0.479 e. The maximum Gasteiger partial charge on any atom is 0.174 e. The van der Waals surface area contributed by atoms with Gasteiger partial charge < -0.3 is 10.1 Å². The fourth-order valence-electron chi connectivity index (χ4n) is 1.70. The third-order valence-electron chi connectivity index (χ3n) is 2.58. The Labute approximate surface area is 115 Å². The number of nitriles is 1. The van der Waals surface area contributed by atoms with Crippen LogP contribution in [-0.4, -0.2) is 6.61 Å². The van der Waals surface area contributed by atoms with Crippen LogP contribution in [-0.2, 0) is 6.54 Å². The Balaban J connectivity index is 1.95. The Morgan fingerprint density at radius 3 is 2.30 bits per heavy atom. The van der Waals surface area contributed by atoms with Gasteiger partial charge in [0.25, 0.3) is 0 Å². The zero-order chi connectivity index (χ0) is 14.4. The van der Waals surface area contributed by atoms with E-state index in [0.717, 1.165) is 11.8 Å². The molecule has 20 heavy (non-hydrogen) atoms. The second kappa shape index (κ2) is 6.53. The molecule has 0 aliphatic carbocycles. The number of ether oxygens (including phenoxy) is 1. The summed E-state index contributed by atoms with van der Waals surface area (Å²) in [6, 6.07) is 12.2. The standard InChI is InChI=1S/C15H12F2N2O/c16-12-7-11(8-13(17)9-12)10-19-14-1-3-15(4-2-14)20-6-5-18/h1-4,7-9,19H,6,10H2. The van der Waals surface area contributed by atoms with E-state index in [9.17, 15) is 8.78 Å². The van der Waals surface area contributed by atoms with Gasteiger partial charge in [0.15, 0.2) is 6.61 Å². The van der Waals surface area contributed by atoms with Gasteiger partial charge in [0.05, 0.1) is 0 Å².